The number of carbonyl (C=O) groups excluding carboxylic acids is 2. The van der Waals surface area contributed by atoms with Gasteiger partial charge in [0.15, 0.2) is 12.3 Å². The number of aromatic nitrogens is 5. The zero-order valence-corrected chi connectivity index (χ0v) is 24.8. The molecule has 18 heteroatoms. The summed E-state index contributed by atoms with van der Waals surface area (Å²) in [5.41, 5.74) is -0.468. The molecule has 2 atom stereocenters. The van der Waals surface area contributed by atoms with Crippen molar-refractivity contribution in [3.05, 3.63) is 35.4 Å². The average Bonchev–Trinajstić information content (AvgIpc) is 3.44. The summed E-state index contributed by atoms with van der Waals surface area (Å²) >= 11 is 0. The second-order valence-electron chi connectivity index (χ2n) is 12.6. The van der Waals surface area contributed by atoms with Crippen molar-refractivity contribution in [2.24, 2.45) is 17.3 Å². The van der Waals surface area contributed by atoms with Crippen LogP contribution in [0.5, 0.6) is 5.88 Å². The number of hydrogen-bond donors (Lipinski definition) is 2. The third-order valence-electron chi connectivity index (χ3n) is 9.07. The molecule has 0 radical (unpaired) electrons. The molecule has 0 aliphatic heterocycles. The van der Waals surface area contributed by atoms with Gasteiger partial charge >= 0.3 is 0 Å². The maximum atomic E-state index is 14.1. The number of imidazole rings is 1. The molecule has 3 aromatic rings. The number of amides is 2. The van der Waals surface area contributed by atoms with E-state index in [4.69, 9.17) is 4.74 Å². The van der Waals surface area contributed by atoms with Crippen LogP contribution in [0.2, 0.25) is 0 Å². The van der Waals surface area contributed by atoms with E-state index in [1.54, 1.807) is 6.07 Å². The molecule has 2 amide bonds. The summed E-state index contributed by atoms with van der Waals surface area (Å²) in [4.78, 5) is 30.7. The zero-order valence-electron chi connectivity index (χ0n) is 24.8. The number of halogens is 6. The molecule has 0 spiro atoms. The van der Waals surface area contributed by atoms with Crippen LogP contribution in [0.25, 0.3) is 5.65 Å². The van der Waals surface area contributed by atoms with Crippen LogP contribution in [0.1, 0.15) is 91.6 Å². The Balaban J connectivity index is 1.26. The lowest BCUT2D eigenvalue weighted by Gasteiger charge is -2.35. The van der Waals surface area contributed by atoms with Gasteiger partial charge in [0.2, 0.25) is 23.4 Å². The van der Waals surface area contributed by atoms with Crippen molar-refractivity contribution >= 4 is 17.5 Å². The lowest BCUT2D eigenvalue weighted by Crippen LogP contribution is -2.40. The smallest absolute Gasteiger partial charge is 0.289 e. The lowest BCUT2D eigenvalue weighted by atomic mass is 9.79. The molecule has 3 aliphatic rings. The molecule has 0 unspecified atom stereocenters. The van der Waals surface area contributed by atoms with Gasteiger partial charge in [-0.3, -0.25) is 9.59 Å². The Hall–Kier alpha value is -4.43. The summed E-state index contributed by atoms with van der Waals surface area (Å²) in [5.74, 6) is -8.54. The summed E-state index contributed by atoms with van der Waals surface area (Å²) in [6.45, 7) is -1.07. The minimum atomic E-state index is -2.87. The monoisotopic (exact) mass is 668 g/mol. The van der Waals surface area contributed by atoms with Crippen molar-refractivity contribution in [3.63, 3.8) is 0 Å². The molecule has 3 aromatic heterocycles. The Bertz CT molecular complexity index is 1670. The molecule has 3 saturated carbocycles. The molecular formula is C29H30F6N8O4. The zero-order chi connectivity index (χ0) is 33.6. The molecule has 3 fully saturated rings. The van der Waals surface area contributed by atoms with E-state index in [1.165, 1.54) is 16.9 Å². The van der Waals surface area contributed by atoms with Crippen molar-refractivity contribution < 1.29 is 45.3 Å². The van der Waals surface area contributed by atoms with Gasteiger partial charge in [-0.15, -0.1) is 0 Å². The van der Waals surface area contributed by atoms with Gasteiger partial charge in [0, 0.05) is 32.1 Å². The predicted octanol–water partition coefficient (Wildman–Crippen LogP) is 4.95. The molecule has 0 bridgehead atoms. The molecule has 47 heavy (non-hydrogen) atoms. The number of nitrogens with zero attached hydrogens (tertiary/aromatic N) is 6. The summed E-state index contributed by atoms with van der Waals surface area (Å²) in [6.07, 6.45) is -0.552. The molecule has 3 heterocycles. The fraction of sp³-hybridized carbons (Fsp3) is 0.621. The summed E-state index contributed by atoms with van der Waals surface area (Å²) in [7, 11) is 0. The molecule has 12 nitrogen and oxygen atoms in total. The summed E-state index contributed by atoms with van der Waals surface area (Å²) < 4.78 is 90.8. The number of rotatable bonds is 12. The Morgan fingerprint density at radius 3 is 2.45 bits per heavy atom. The molecule has 0 aromatic carbocycles. The van der Waals surface area contributed by atoms with Gasteiger partial charge in [-0.05, 0) is 59.5 Å². The van der Waals surface area contributed by atoms with E-state index in [-0.39, 0.29) is 43.4 Å². The number of carbonyl (C=O) groups is 2. The quantitative estimate of drug-likeness (QED) is 0.255. The first-order chi connectivity index (χ1) is 22.3. The van der Waals surface area contributed by atoms with Gasteiger partial charge in [0.1, 0.15) is 0 Å². The maximum absolute atomic E-state index is 14.1. The van der Waals surface area contributed by atoms with Crippen LogP contribution in [0.15, 0.2) is 23.1 Å². The largest absolute Gasteiger partial charge is 0.468 e. The standard InChI is InChI=1S/C29H30F6N8O4/c30-19(31)13-46-26-23(41-47-42-26)25(45)40-22(16-1-3-28(32,33)4-2-16)18-12-43-20(38-18)8-17(11-37-43)24(27(14-36)5-6-27)39-21(44)7-15-9-29(34,35)10-15/h8,11-12,15-16,19,22,24H,1-7,9-10,13H2,(H,39,44)(H,40,45)/t22-,24-/m0/s1. The van der Waals surface area contributed by atoms with Crippen molar-refractivity contribution in [1.29, 1.82) is 5.26 Å². The topological polar surface area (TPSA) is 160 Å². The van der Waals surface area contributed by atoms with Crippen LogP contribution in [-0.4, -0.2) is 61.6 Å². The van der Waals surface area contributed by atoms with E-state index in [2.05, 4.69) is 41.7 Å². The van der Waals surface area contributed by atoms with Crippen molar-refractivity contribution in [2.45, 2.75) is 88.1 Å². The number of fused-ring (bicyclic) bond motifs is 1. The van der Waals surface area contributed by atoms with Crippen molar-refractivity contribution in [2.75, 3.05) is 6.61 Å². The number of ether oxygens (including phenoxy) is 1. The number of nitrogens with one attached hydrogen (secondary N) is 2. The molecule has 6 rings (SSSR count). The Kier molecular flexibility index (Phi) is 8.51. The highest BCUT2D eigenvalue weighted by Gasteiger charge is 2.52. The molecular weight excluding hydrogens is 638 g/mol. The van der Waals surface area contributed by atoms with Gasteiger partial charge in [-0.1, -0.05) is 0 Å². The van der Waals surface area contributed by atoms with E-state index in [9.17, 15) is 41.2 Å². The third-order valence-corrected chi connectivity index (χ3v) is 9.07. The second kappa shape index (κ2) is 12.3. The highest BCUT2D eigenvalue weighted by atomic mass is 19.3. The fourth-order valence-corrected chi connectivity index (χ4v) is 6.36. The Labute approximate surface area is 263 Å². The maximum Gasteiger partial charge on any atom is 0.289 e. The van der Waals surface area contributed by atoms with Crippen molar-refractivity contribution in [3.8, 4) is 11.9 Å². The average molecular weight is 669 g/mol. The lowest BCUT2D eigenvalue weighted by molar-refractivity contribution is -0.134. The van der Waals surface area contributed by atoms with Crippen LogP contribution in [0.4, 0.5) is 26.3 Å². The SMILES string of the molecule is N#CC1([C@@H](NC(=O)CC2CC(F)(F)C2)c2cnn3cc([C@@H](NC(=O)c4nonc4OCC(F)F)C4CCC(F)(F)CC4)nc3c2)CC1. The second-order valence-corrected chi connectivity index (χ2v) is 12.6. The summed E-state index contributed by atoms with van der Waals surface area (Å²) in [6, 6.07) is 2.12. The van der Waals surface area contributed by atoms with E-state index in [0.29, 0.717) is 18.4 Å². The van der Waals surface area contributed by atoms with Crippen LogP contribution < -0.4 is 15.4 Å². The number of nitriles is 1. The van der Waals surface area contributed by atoms with Crippen LogP contribution in [0.3, 0.4) is 0 Å². The van der Waals surface area contributed by atoms with Crippen LogP contribution >= 0.6 is 0 Å². The predicted molar refractivity (Wildman–Crippen MR) is 146 cm³/mol. The normalized spacial score (nSPS) is 21.4. The van der Waals surface area contributed by atoms with Gasteiger partial charge in [-0.2, -0.15) is 10.4 Å². The minimum absolute atomic E-state index is 0.0298. The van der Waals surface area contributed by atoms with Gasteiger partial charge in [0.25, 0.3) is 18.2 Å². The first-order valence-electron chi connectivity index (χ1n) is 15.1. The number of hydrogen-bond acceptors (Lipinski definition) is 9. The Morgan fingerprint density at radius 2 is 1.81 bits per heavy atom. The molecule has 0 saturated heterocycles. The highest BCUT2D eigenvalue weighted by Crippen LogP contribution is 2.54. The summed E-state index contributed by atoms with van der Waals surface area (Å²) in [5, 5.41) is 26.6. The van der Waals surface area contributed by atoms with E-state index >= 15 is 0 Å². The minimum Gasteiger partial charge on any atom is -0.468 e. The van der Waals surface area contributed by atoms with Gasteiger partial charge in [-0.25, -0.2) is 40.5 Å². The first kappa shape index (κ1) is 32.5. The number of alkyl halides is 6. The van der Waals surface area contributed by atoms with Crippen LogP contribution in [0, 0.1) is 28.6 Å². The van der Waals surface area contributed by atoms with E-state index in [1.807, 2.05) is 0 Å². The van der Waals surface area contributed by atoms with E-state index in [0.717, 1.165) is 0 Å². The molecule has 3 aliphatic carbocycles. The van der Waals surface area contributed by atoms with Crippen molar-refractivity contribution in [1.82, 2.24) is 35.5 Å². The van der Waals surface area contributed by atoms with Gasteiger partial charge in [0.05, 0.1) is 41.7 Å². The Morgan fingerprint density at radius 1 is 1.09 bits per heavy atom. The highest BCUT2D eigenvalue weighted by molar-refractivity contribution is 5.94. The van der Waals surface area contributed by atoms with Crippen LogP contribution in [-0.2, 0) is 4.79 Å². The van der Waals surface area contributed by atoms with Gasteiger partial charge < -0.3 is 15.4 Å². The van der Waals surface area contributed by atoms with E-state index < -0.39 is 90.4 Å². The third kappa shape index (κ3) is 7.13. The molecule has 252 valence electrons. The molecule has 2 N–H and O–H groups in total. The fourth-order valence-electron chi connectivity index (χ4n) is 6.36. The first-order valence-corrected chi connectivity index (χ1v) is 15.1.